The Hall–Kier alpha value is -1.76. The molecule has 0 spiro atoms. The zero-order chi connectivity index (χ0) is 11.5. The minimum absolute atomic E-state index is 0.615. The third-order valence-corrected chi connectivity index (χ3v) is 1.95. The van der Waals surface area contributed by atoms with E-state index in [-0.39, 0.29) is 0 Å². The zero-order valence-corrected chi connectivity index (χ0v) is 7.97. The van der Waals surface area contributed by atoms with Crippen LogP contribution in [0.3, 0.4) is 0 Å². The molecule has 0 aromatic heterocycles. The van der Waals surface area contributed by atoms with Crippen molar-refractivity contribution in [1.82, 2.24) is 0 Å². The number of alkyl halides is 3. The first-order valence-electron chi connectivity index (χ1n) is 4.19. The Kier molecular flexibility index (Phi) is 3.15. The molecule has 1 nitrogen and oxygen atoms in total. The van der Waals surface area contributed by atoms with Gasteiger partial charge in [-0.05, 0) is 30.2 Å². The predicted molar refractivity (Wildman–Crippen MR) is 50.7 cm³/mol. The maximum Gasteiger partial charge on any atom is 0.416 e. The van der Waals surface area contributed by atoms with Crippen LogP contribution < -0.4 is 0 Å². The highest BCUT2D eigenvalue weighted by Gasteiger charge is 2.29. The summed E-state index contributed by atoms with van der Waals surface area (Å²) in [5, 5.41) is 8.38. The van der Waals surface area contributed by atoms with Crippen LogP contribution in [0.25, 0.3) is 5.57 Å². The van der Waals surface area contributed by atoms with Crippen LogP contribution in [0.5, 0.6) is 0 Å². The smallest absolute Gasteiger partial charge is 0.193 e. The van der Waals surface area contributed by atoms with Gasteiger partial charge in [-0.15, -0.1) is 0 Å². The van der Waals surface area contributed by atoms with E-state index in [1.165, 1.54) is 18.2 Å². The van der Waals surface area contributed by atoms with Gasteiger partial charge in [0.15, 0.2) is 0 Å². The molecule has 0 unspecified atom stereocenters. The normalized spacial score (nSPS) is 12.3. The van der Waals surface area contributed by atoms with Crippen LogP contribution in [0, 0.1) is 11.3 Å². The molecular weight excluding hydrogens is 203 g/mol. The molecule has 0 amide bonds. The van der Waals surface area contributed by atoms with Gasteiger partial charge in [-0.2, -0.15) is 18.4 Å². The summed E-state index contributed by atoms with van der Waals surface area (Å²) in [6, 6.07) is 6.54. The second-order valence-corrected chi connectivity index (χ2v) is 3.03. The van der Waals surface area contributed by atoms with Gasteiger partial charge in [0, 0.05) is 6.08 Å². The van der Waals surface area contributed by atoms with Crippen LogP contribution >= 0.6 is 0 Å². The van der Waals surface area contributed by atoms with Gasteiger partial charge < -0.3 is 0 Å². The molecule has 1 aromatic carbocycles. The topological polar surface area (TPSA) is 23.8 Å². The summed E-state index contributed by atoms with van der Waals surface area (Å²) in [7, 11) is 0. The maximum absolute atomic E-state index is 12.2. The van der Waals surface area contributed by atoms with Crippen molar-refractivity contribution in [1.29, 1.82) is 5.26 Å². The van der Waals surface area contributed by atoms with Crippen LogP contribution in [0.4, 0.5) is 13.2 Å². The van der Waals surface area contributed by atoms with E-state index in [0.717, 1.165) is 12.1 Å². The SMILES string of the molecule is CC(=CC#N)c1ccc(C(F)(F)F)cc1. The summed E-state index contributed by atoms with van der Waals surface area (Å²) >= 11 is 0. The second kappa shape index (κ2) is 4.18. The van der Waals surface area contributed by atoms with E-state index in [1.807, 2.05) is 6.07 Å². The van der Waals surface area contributed by atoms with Gasteiger partial charge in [-0.1, -0.05) is 12.1 Å². The first-order chi connectivity index (χ1) is 6.95. The Balaban J connectivity index is 3.02. The molecular formula is C11H8F3N. The predicted octanol–water partition coefficient (Wildman–Crippen LogP) is 3.63. The van der Waals surface area contributed by atoms with E-state index in [2.05, 4.69) is 0 Å². The van der Waals surface area contributed by atoms with Crippen molar-refractivity contribution in [3.8, 4) is 6.07 Å². The second-order valence-electron chi connectivity index (χ2n) is 3.03. The van der Waals surface area contributed by atoms with Crippen molar-refractivity contribution >= 4 is 5.57 Å². The van der Waals surface area contributed by atoms with E-state index in [4.69, 9.17) is 5.26 Å². The average Bonchev–Trinajstić information content (AvgIpc) is 2.17. The Morgan fingerprint density at radius 3 is 2.20 bits per heavy atom. The van der Waals surface area contributed by atoms with Crippen molar-refractivity contribution in [2.75, 3.05) is 0 Å². The van der Waals surface area contributed by atoms with E-state index in [9.17, 15) is 13.2 Å². The number of hydrogen-bond acceptors (Lipinski definition) is 1. The summed E-state index contributed by atoms with van der Waals surface area (Å²) < 4.78 is 36.6. The molecule has 0 heterocycles. The summed E-state index contributed by atoms with van der Waals surface area (Å²) in [6.07, 6.45) is -3.02. The Labute approximate surface area is 85.5 Å². The van der Waals surface area contributed by atoms with Crippen molar-refractivity contribution in [3.63, 3.8) is 0 Å². The fraction of sp³-hybridized carbons (Fsp3) is 0.182. The quantitative estimate of drug-likeness (QED) is 0.650. The van der Waals surface area contributed by atoms with Gasteiger partial charge in [0.2, 0.25) is 0 Å². The fourth-order valence-corrected chi connectivity index (χ4v) is 1.10. The van der Waals surface area contributed by atoms with Crippen LogP contribution in [-0.2, 0) is 6.18 Å². The molecule has 0 bridgehead atoms. The van der Waals surface area contributed by atoms with E-state index in [1.54, 1.807) is 6.92 Å². The summed E-state index contributed by atoms with van der Waals surface area (Å²) in [6.45, 7) is 1.67. The first kappa shape index (κ1) is 11.3. The molecule has 0 N–H and O–H groups in total. The van der Waals surface area contributed by atoms with Crippen LogP contribution in [0.2, 0.25) is 0 Å². The standard InChI is InChI=1S/C11H8F3N/c1-8(6-7-15)9-2-4-10(5-3-9)11(12,13)14/h2-6H,1H3. The number of nitriles is 1. The van der Waals surface area contributed by atoms with Crippen LogP contribution in [-0.4, -0.2) is 0 Å². The number of nitrogens with zero attached hydrogens (tertiary/aromatic N) is 1. The maximum atomic E-state index is 12.2. The first-order valence-corrected chi connectivity index (χ1v) is 4.19. The molecule has 0 aliphatic heterocycles. The molecule has 0 saturated heterocycles. The lowest BCUT2D eigenvalue weighted by Crippen LogP contribution is -2.04. The molecule has 15 heavy (non-hydrogen) atoms. The van der Waals surface area contributed by atoms with Gasteiger partial charge in [0.05, 0.1) is 11.6 Å². The third-order valence-electron chi connectivity index (χ3n) is 1.95. The molecule has 0 aliphatic rings. The minimum atomic E-state index is -4.31. The van der Waals surface area contributed by atoms with Crippen molar-refractivity contribution in [3.05, 3.63) is 41.5 Å². The lowest BCUT2D eigenvalue weighted by molar-refractivity contribution is -0.137. The molecule has 1 rings (SSSR count). The summed E-state index contributed by atoms with van der Waals surface area (Å²) in [5.41, 5.74) is 0.576. The third kappa shape index (κ3) is 2.84. The number of rotatable bonds is 1. The van der Waals surface area contributed by atoms with E-state index in [0.29, 0.717) is 11.1 Å². The monoisotopic (exact) mass is 211 g/mol. The highest BCUT2D eigenvalue weighted by molar-refractivity contribution is 5.65. The van der Waals surface area contributed by atoms with Crippen molar-refractivity contribution in [2.24, 2.45) is 0 Å². The van der Waals surface area contributed by atoms with E-state index < -0.39 is 11.7 Å². The van der Waals surface area contributed by atoms with Gasteiger partial charge in [0.1, 0.15) is 0 Å². The number of hydrogen-bond donors (Lipinski definition) is 0. The fourth-order valence-electron chi connectivity index (χ4n) is 1.10. The zero-order valence-electron chi connectivity index (χ0n) is 7.97. The molecule has 0 saturated carbocycles. The van der Waals surface area contributed by atoms with E-state index >= 15 is 0 Å². The molecule has 0 aliphatic carbocycles. The van der Waals surface area contributed by atoms with Crippen molar-refractivity contribution < 1.29 is 13.2 Å². The van der Waals surface area contributed by atoms with Crippen LogP contribution in [0.15, 0.2) is 30.3 Å². The molecule has 1 aromatic rings. The number of allylic oxidation sites excluding steroid dienone is 2. The Morgan fingerprint density at radius 1 is 1.27 bits per heavy atom. The van der Waals surface area contributed by atoms with Gasteiger partial charge in [0.25, 0.3) is 0 Å². The average molecular weight is 211 g/mol. The van der Waals surface area contributed by atoms with Gasteiger partial charge in [-0.3, -0.25) is 0 Å². The summed E-state index contributed by atoms with van der Waals surface area (Å²) in [4.78, 5) is 0. The molecule has 4 heteroatoms. The molecule has 0 atom stereocenters. The van der Waals surface area contributed by atoms with Gasteiger partial charge >= 0.3 is 6.18 Å². The molecule has 0 fully saturated rings. The summed E-state index contributed by atoms with van der Waals surface area (Å²) in [5.74, 6) is 0. The lowest BCUT2D eigenvalue weighted by atomic mass is 10.1. The highest BCUT2D eigenvalue weighted by Crippen LogP contribution is 2.29. The highest BCUT2D eigenvalue weighted by atomic mass is 19.4. The van der Waals surface area contributed by atoms with Crippen LogP contribution in [0.1, 0.15) is 18.1 Å². The van der Waals surface area contributed by atoms with Crippen molar-refractivity contribution in [2.45, 2.75) is 13.1 Å². The number of halogens is 3. The minimum Gasteiger partial charge on any atom is -0.193 e. The lowest BCUT2D eigenvalue weighted by Gasteiger charge is -2.07. The van der Waals surface area contributed by atoms with Gasteiger partial charge in [-0.25, -0.2) is 0 Å². The Morgan fingerprint density at radius 2 is 1.80 bits per heavy atom. The number of benzene rings is 1. The molecule has 0 radical (unpaired) electrons. The Bertz CT molecular complexity index is 407. The largest absolute Gasteiger partial charge is 0.416 e. The molecule has 78 valence electrons.